The zero-order chi connectivity index (χ0) is 20.9. The van der Waals surface area contributed by atoms with E-state index >= 15 is 0 Å². The molecule has 0 saturated heterocycles. The summed E-state index contributed by atoms with van der Waals surface area (Å²) in [5.41, 5.74) is 7.60. The Morgan fingerprint density at radius 1 is 0.933 bits per heavy atom. The first-order chi connectivity index (χ1) is 14.5. The van der Waals surface area contributed by atoms with Crippen LogP contribution in [0.4, 0.5) is 4.39 Å². The second-order valence-corrected chi connectivity index (χ2v) is 7.12. The van der Waals surface area contributed by atoms with Gasteiger partial charge in [-0.1, -0.05) is 6.07 Å². The average molecular weight is 406 g/mol. The molecule has 2 heterocycles. The first kappa shape index (κ1) is 18.3. The summed E-state index contributed by atoms with van der Waals surface area (Å²) in [6.07, 6.45) is 0. The number of methoxy groups -OCH3 is 2. The molecule has 0 bridgehead atoms. The van der Waals surface area contributed by atoms with Gasteiger partial charge in [0.1, 0.15) is 35.4 Å². The van der Waals surface area contributed by atoms with E-state index in [1.165, 1.54) is 6.07 Å². The van der Waals surface area contributed by atoms with E-state index in [1.54, 1.807) is 26.4 Å². The van der Waals surface area contributed by atoms with Crippen molar-refractivity contribution in [2.45, 2.75) is 5.54 Å². The predicted molar refractivity (Wildman–Crippen MR) is 110 cm³/mol. The maximum absolute atomic E-state index is 14.6. The van der Waals surface area contributed by atoms with Crippen LogP contribution in [0.5, 0.6) is 23.0 Å². The molecule has 0 amide bonds. The molecule has 0 saturated carbocycles. The van der Waals surface area contributed by atoms with E-state index in [4.69, 9.17) is 24.7 Å². The summed E-state index contributed by atoms with van der Waals surface area (Å²) in [5.74, 6) is 2.13. The SMILES string of the molecule is COc1ccc(F)c(-c2ccc3c(c2)C2(COC(N)=N2)c2cc(OC)ccc2O3)c1. The fourth-order valence-electron chi connectivity index (χ4n) is 3.98. The van der Waals surface area contributed by atoms with Gasteiger partial charge in [-0.2, -0.15) is 0 Å². The summed E-state index contributed by atoms with van der Waals surface area (Å²) in [6, 6.07) is 15.7. The Morgan fingerprint density at radius 2 is 1.60 bits per heavy atom. The third kappa shape index (κ3) is 2.66. The molecule has 7 heteroatoms. The van der Waals surface area contributed by atoms with Gasteiger partial charge in [-0.25, -0.2) is 9.38 Å². The zero-order valence-electron chi connectivity index (χ0n) is 16.4. The maximum Gasteiger partial charge on any atom is 0.283 e. The van der Waals surface area contributed by atoms with Crippen molar-refractivity contribution < 1.29 is 23.3 Å². The Bertz CT molecular complexity index is 1190. The third-order valence-electron chi connectivity index (χ3n) is 5.49. The topological polar surface area (TPSA) is 75.3 Å². The summed E-state index contributed by atoms with van der Waals surface area (Å²) in [6.45, 7) is 0.208. The second-order valence-electron chi connectivity index (χ2n) is 7.12. The fraction of sp³-hybridized carbons (Fsp3) is 0.174. The van der Waals surface area contributed by atoms with Gasteiger partial charge in [-0.3, -0.25) is 0 Å². The van der Waals surface area contributed by atoms with Crippen LogP contribution in [0, 0.1) is 5.82 Å². The van der Waals surface area contributed by atoms with Crippen LogP contribution in [0.25, 0.3) is 11.1 Å². The second kappa shape index (κ2) is 6.66. The van der Waals surface area contributed by atoms with Crippen molar-refractivity contribution in [1.82, 2.24) is 0 Å². The monoisotopic (exact) mass is 406 g/mol. The number of rotatable bonds is 3. The van der Waals surface area contributed by atoms with Crippen LogP contribution in [0.1, 0.15) is 11.1 Å². The normalized spacial score (nSPS) is 18.7. The van der Waals surface area contributed by atoms with Crippen LogP contribution < -0.4 is 19.9 Å². The molecule has 5 rings (SSSR count). The number of nitrogens with two attached hydrogens (primary N) is 1. The molecular weight excluding hydrogens is 387 g/mol. The molecule has 30 heavy (non-hydrogen) atoms. The molecule has 0 aromatic heterocycles. The van der Waals surface area contributed by atoms with Gasteiger partial charge in [0, 0.05) is 16.7 Å². The number of hydrogen-bond donors (Lipinski definition) is 1. The van der Waals surface area contributed by atoms with Gasteiger partial charge >= 0.3 is 0 Å². The number of halogens is 1. The summed E-state index contributed by atoms with van der Waals surface area (Å²) in [5, 5.41) is 0. The Hall–Kier alpha value is -3.74. The Morgan fingerprint density at radius 3 is 2.30 bits per heavy atom. The summed E-state index contributed by atoms with van der Waals surface area (Å²) >= 11 is 0. The highest BCUT2D eigenvalue weighted by Gasteiger charge is 2.47. The van der Waals surface area contributed by atoms with E-state index < -0.39 is 5.54 Å². The molecule has 152 valence electrons. The lowest BCUT2D eigenvalue weighted by molar-refractivity contribution is 0.264. The molecule has 0 radical (unpaired) electrons. The van der Waals surface area contributed by atoms with E-state index in [9.17, 15) is 4.39 Å². The lowest BCUT2D eigenvalue weighted by atomic mass is 9.80. The molecule has 3 aromatic rings. The molecule has 2 aliphatic heterocycles. The van der Waals surface area contributed by atoms with E-state index in [0.29, 0.717) is 34.1 Å². The van der Waals surface area contributed by atoms with Gasteiger partial charge in [0.2, 0.25) is 0 Å². The molecule has 1 spiro atoms. The highest BCUT2D eigenvalue weighted by Crippen LogP contribution is 2.52. The Labute approximate surface area is 172 Å². The molecule has 1 atom stereocenters. The lowest BCUT2D eigenvalue weighted by Gasteiger charge is -2.34. The minimum atomic E-state index is -0.910. The lowest BCUT2D eigenvalue weighted by Crippen LogP contribution is -2.31. The zero-order valence-corrected chi connectivity index (χ0v) is 16.4. The molecular formula is C23H19FN2O4. The van der Waals surface area contributed by atoms with Gasteiger partial charge in [0.15, 0.2) is 5.54 Å². The quantitative estimate of drug-likeness (QED) is 0.705. The summed E-state index contributed by atoms with van der Waals surface area (Å²) in [4.78, 5) is 4.65. The standard InChI is InChI=1S/C23H19FN2O4/c1-27-14-4-6-19(24)16(10-14)13-3-7-20-17(9-13)23(12-29-22(25)26-23)18-11-15(28-2)5-8-21(18)30-20/h3-11H,12H2,1-2H3,(H2,25,26). The van der Waals surface area contributed by atoms with Crippen LogP contribution in [0.2, 0.25) is 0 Å². The number of hydrogen-bond acceptors (Lipinski definition) is 6. The Balaban J connectivity index is 1.73. The van der Waals surface area contributed by atoms with E-state index in [-0.39, 0.29) is 18.4 Å². The molecule has 3 aromatic carbocycles. The molecule has 0 fully saturated rings. The van der Waals surface area contributed by atoms with Crippen molar-refractivity contribution in [2.75, 3.05) is 20.8 Å². The molecule has 2 aliphatic rings. The molecule has 1 unspecified atom stereocenters. The van der Waals surface area contributed by atoms with Gasteiger partial charge in [-0.05, 0) is 54.1 Å². The average Bonchev–Trinajstić information content (AvgIpc) is 3.16. The highest BCUT2D eigenvalue weighted by molar-refractivity contribution is 5.78. The van der Waals surface area contributed by atoms with Crippen molar-refractivity contribution in [3.63, 3.8) is 0 Å². The molecule has 6 nitrogen and oxygen atoms in total. The van der Waals surface area contributed by atoms with Crippen molar-refractivity contribution in [1.29, 1.82) is 0 Å². The number of benzene rings is 3. The van der Waals surface area contributed by atoms with Crippen molar-refractivity contribution in [3.05, 3.63) is 71.5 Å². The highest BCUT2D eigenvalue weighted by atomic mass is 19.1. The number of nitrogens with zero attached hydrogens (tertiary/aromatic N) is 1. The molecule has 2 N–H and O–H groups in total. The van der Waals surface area contributed by atoms with Gasteiger partial charge < -0.3 is 24.7 Å². The number of ether oxygens (including phenoxy) is 4. The first-order valence-electron chi connectivity index (χ1n) is 9.37. The van der Waals surface area contributed by atoms with Crippen LogP contribution in [-0.2, 0) is 10.3 Å². The smallest absolute Gasteiger partial charge is 0.283 e. The van der Waals surface area contributed by atoms with Crippen LogP contribution in [0.3, 0.4) is 0 Å². The van der Waals surface area contributed by atoms with Gasteiger partial charge in [-0.15, -0.1) is 0 Å². The minimum Gasteiger partial charge on any atom is -0.497 e. The summed E-state index contributed by atoms with van der Waals surface area (Å²) < 4.78 is 37.0. The predicted octanol–water partition coefficient (Wildman–Crippen LogP) is 4.20. The van der Waals surface area contributed by atoms with Gasteiger partial charge in [0.25, 0.3) is 6.02 Å². The van der Waals surface area contributed by atoms with Crippen LogP contribution >= 0.6 is 0 Å². The van der Waals surface area contributed by atoms with Crippen molar-refractivity contribution >= 4 is 6.02 Å². The number of amidine groups is 1. The minimum absolute atomic E-state index is 0.0922. The van der Waals surface area contributed by atoms with Crippen molar-refractivity contribution in [2.24, 2.45) is 10.7 Å². The van der Waals surface area contributed by atoms with E-state index in [2.05, 4.69) is 4.99 Å². The Kier molecular flexibility index (Phi) is 4.06. The van der Waals surface area contributed by atoms with E-state index in [1.807, 2.05) is 36.4 Å². The maximum atomic E-state index is 14.6. The largest absolute Gasteiger partial charge is 0.497 e. The number of fused-ring (bicyclic) bond motifs is 4. The van der Waals surface area contributed by atoms with Crippen molar-refractivity contribution in [3.8, 4) is 34.1 Å². The number of aliphatic imine (C=N–C) groups is 1. The summed E-state index contributed by atoms with van der Waals surface area (Å²) in [7, 11) is 3.14. The fourth-order valence-corrected chi connectivity index (χ4v) is 3.98. The van der Waals surface area contributed by atoms with Crippen LogP contribution in [-0.4, -0.2) is 26.8 Å². The molecule has 0 aliphatic carbocycles. The first-order valence-corrected chi connectivity index (χ1v) is 9.37. The van der Waals surface area contributed by atoms with Crippen LogP contribution in [0.15, 0.2) is 59.6 Å². The third-order valence-corrected chi connectivity index (χ3v) is 5.49. The van der Waals surface area contributed by atoms with E-state index in [0.717, 1.165) is 11.1 Å². The van der Waals surface area contributed by atoms with Gasteiger partial charge in [0.05, 0.1) is 14.2 Å².